The normalized spacial score (nSPS) is 13.9. The van der Waals surface area contributed by atoms with Gasteiger partial charge in [-0.05, 0) is 12.8 Å². The molecule has 158 valence electrons. The van der Waals surface area contributed by atoms with Gasteiger partial charge in [0.25, 0.3) is 0 Å². The van der Waals surface area contributed by atoms with Crippen LogP contribution in [0.5, 0.6) is 0 Å². The molecule has 0 aliphatic carbocycles. The Labute approximate surface area is 211 Å². The molecule has 0 aromatic carbocycles. The fraction of sp³-hybridized carbons (Fsp3) is 1.00. The molecule has 2 atom stereocenters. The molecule has 0 rings (SSSR count). The number of hydrogen-bond donors (Lipinski definition) is 1. The quantitative estimate of drug-likeness (QED) is 0.194. The van der Waals surface area contributed by atoms with Crippen LogP contribution in [-0.2, 0) is 10.1 Å². The zero-order valence-electron chi connectivity index (χ0n) is 18.3. The van der Waals surface area contributed by atoms with Crippen LogP contribution in [0.2, 0.25) is 0 Å². The number of rotatable bonds is 19. The van der Waals surface area contributed by atoms with Gasteiger partial charge in [-0.1, -0.05) is 110 Å². The summed E-state index contributed by atoms with van der Waals surface area (Å²) in [5.74, 6) is 0. The maximum atomic E-state index is 11.5. The molecular formula is C21H43KO4S. The van der Waals surface area contributed by atoms with Crippen molar-refractivity contribution in [3.8, 4) is 0 Å². The van der Waals surface area contributed by atoms with Crippen molar-refractivity contribution >= 4 is 10.1 Å². The van der Waals surface area contributed by atoms with Crippen LogP contribution in [0.25, 0.3) is 0 Å². The zero-order valence-corrected chi connectivity index (χ0v) is 22.2. The van der Waals surface area contributed by atoms with Crippen LogP contribution < -0.4 is 51.4 Å². The molecule has 0 aromatic heterocycles. The van der Waals surface area contributed by atoms with Crippen molar-refractivity contribution in [1.82, 2.24) is 0 Å². The van der Waals surface area contributed by atoms with Crippen molar-refractivity contribution < 1.29 is 69.5 Å². The first kappa shape index (κ1) is 30.7. The summed E-state index contributed by atoms with van der Waals surface area (Å²) in [6.07, 6.45) is 16.5. The number of aliphatic hydroxyl groups is 1. The Balaban J connectivity index is 0. The zero-order chi connectivity index (χ0) is 19.7. The van der Waals surface area contributed by atoms with Crippen LogP contribution in [0.3, 0.4) is 0 Å². The van der Waals surface area contributed by atoms with Crippen LogP contribution in [0.1, 0.15) is 123 Å². The molecule has 0 spiro atoms. The van der Waals surface area contributed by atoms with E-state index in [0.29, 0.717) is 19.3 Å². The molecule has 0 aliphatic rings. The van der Waals surface area contributed by atoms with E-state index in [9.17, 15) is 18.1 Å². The Morgan fingerprint density at radius 1 is 0.667 bits per heavy atom. The van der Waals surface area contributed by atoms with Gasteiger partial charge < -0.3 is 9.66 Å². The van der Waals surface area contributed by atoms with Gasteiger partial charge in [0, 0.05) is 0 Å². The fourth-order valence-corrected chi connectivity index (χ4v) is 4.48. The molecule has 6 heteroatoms. The Morgan fingerprint density at radius 3 is 1.37 bits per heavy atom. The molecule has 0 fully saturated rings. The second-order valence-corrected chi connectivity index (χ2v) is 9.36. The van der Waals surface area contributed by atoms with Gasteiger partial charge in [0.05, 0.1) is 11.4 Å². The van der Waals surface area contributed by atoms with Gasteiger partial charge in [0.1, 0.15) is 10.1 Å². The number of unbranched alkanes of at least 4 members (excludes halogenated alkanes) is 13. The van der Waals surface area contributed by atoms with Crippen molar-refractivity contribution in [1.29, 1.82) is 0 Å². The molecule has 2 unspecified atom stereocenters. The predicted octanol–water partition coefficient (Wildman–Crippen LogP) is 2.94. The molecule has 0 radical (unpaired) electrons. The molecule has 0 saturated heterocycles. The molecule has 0 saturated carbocycles. The average molecular weight is 431 g/mol. The first-order valence-corrected chi connectivity index (χ1v) is 12.5. The van der Waals surface area contributed by atoms with E-state index in [0.717, 1.165) is 32.1 Å². The molecule has 0 bridgehead atoms. The van der Waals surface area contributed by atoms with Crippen molar-refractivity contribution in [2.45, 2.75) is 134 Å². The molecule has 1 N–H and O–H groups in total. The maximum Gasteiger partial charge on any atom is 1.00 e. The summed E-state index contributed by atoms with van der Waals surface area (Å²) >= 11 is 0. The summed E-state index contributed by atoms with van der Waals surface area (Å²) in [5, 5.41) is 9.08. The summed E-state index contributed by atoms with van der Waals surface area (Å²) < 4.78 is 34.5. The summed E-state index contributed by atoms with van der Waals surface area (Å²) in [7, 11) is -4.42. The monoisotopic (exact) mass is 430 g/mol. The van der Waals surface area contributed by atoms with Crippen LogP contribution in [0.4, 0.5) is 0 Å². The molecule has 0 aromatic rings. The molecular weight excluding hydrogens is 387 g/mol. The van der Waals surface area contributed by atoms with Gasteiger partial charge >= 0.3 is 51.4 Å². The second-order valence-electron chi connectivity index (χ2n) is 7.77. The smallest absolute Gasteiger partial charge is 0.748 e. The van der Waals surface area contributed by atoms with Gasteiger partial charge in [0.2, 0.25) is 0 Å². The van der Waals surface area contributed by atoms with E-state index in [1.54, 1.807) is 0 Å². The van der Waals surface area contributed by atoms with Crippen molar-refractivity contribution in [2.75, 3.05) is 0 Å². The Morgan fingerprint density at radius 2 is 1.00 bits per heavy atom. The standard InChI is InChI=1S/C21H44O4S.K/c1-3-5-7-9-11-13-15-17-19-21(26(23,24)25)20(22)18-16-14-12-10-8-6-4-2;/h20-22H,3-19H2,1-2H3,(H,23,24,25);/q;+1/p-1. The van der Waals surface area contributed by atoms with Crippen molar-refractivity contribution in [2.24, 2.45) is 0 Å². The predicted molar refractivity (Wildman–Crippen MR) is 109 cm³/mol. The van der Waals surface area contributed by atoms with Gasteiger partial charge in [-0.25, -0.2) is 8.42 Å². The molecule has 0 aliphatic heterocycles. The van der Waals surface area contributed by atoms with Gasteiger partial charge in [-0.2, -0.15) is 0 Å². The molecule has 27 heavy (non-hydrogen) atoms. The Hall–Kier alpha value is 1.51. The molecule has 0 heterocycles. The largest absolute Gasteiger partial charge is 1.00 e. The number of aliphatic hydroxyl groups excluding tert-OH is 1. The second kappa shape index (κ2) is 20.8. The van der Waals surface area contributed by atoms with E-state index in [2.05, 4.69) is 13.8 Å². The van der Waals surface area contributed by atoms with Crippen molar-refractivity contribution in [3.63, 3.8) is 0 Å². The summed E-state index contributed by atoms with van der Waals surface area (Å²) in [6.45, 7) is 4.38. The van der Waals surface area contributed by atoms with E-state index < -0.39 is 21.5 Å². The van der Waals surface area contributed by atoms with Gasteiger partial charge in [-0.3, -0.25) is 0 Å². The minimum absolute atomic E-state index is 0. The summed E-state index contributed by atoms with van der Waals surface area (Å²) in [4.78, 5) is 0. The first-order chi connectivity index (χ1) is 12.4. The van der Waals surface area contributed by atoms with Crippen molar-refractivity contribution in [3.05, 3.63) is 0 Å². The minimum Gasteiger partial charge on any atom is -0.748 e. The van der Waals surface area contributed by atoms with Crippen LogP contribution >= 0.6 is 0 Å². The van der Waals surface area contributed by atoms with E-state index in [4.69, 9.17) is 0 Å². The number of hydrogen-bond acceptors (Lipinski definition) is 4. The SMILES string of the molecule is CCCCCCCCCCC(C(O)CCCCCCCCC)S(=O)(=O)[O-].[K+]. The van der Waals surface area contributed by atoms with Crippen LogP contribution in [0.15, 0.2) is 0 Å². The summed E-state index contributed by atoms with van der Waals surface area (Å²) in [6, 6.07) is 0. The van der Waals surface area contributed by atoms with E-state index in [-0.39, 0.29) is 51.4 Å². The third-order valence-electron chi connectivity index (χ3n) is 5.25. The van der Waals surface area contributed by atoms with Crippen LogP contribution in [0, 0.1) is 0 Å². The Kier molecular flexibility index (Phi) is 23.6. The van der Waals surface area contributed by atoms with Gasteiger partial charge in [0.15, 0.2) is 0 Å². The first-order valence-electron chi connectivity index (χ1n) is 11.1. The topological polar surface area (TPSA) is 77.4 Å². The fourth-order valence-electron chi connectivity index (χ4n) is 3.50. The summed E-state index contributed by atoms with van der Waals surface area (Å²) in [5.41, 5.74) is 0. The van der Waals surface area contributed by atoms with E-state index in [1.165, 1.54) is 57.8 Å². The maximum absolute atomic E-state index is 11.5. The molecule has 0 amide bonds. The third-order valence-corrected chi connectivity index (χ3v) is 6.54. The minimum atomic E-state index is -4.42. The Bertz CT molecular complexity index is 401. The molecule has 4 nitrogen and oxygen atoms in total. The van der Waals surface area contributed by atoms with Crippen LogP contribution in [-0.4, -0.2) is 29.4 Å². The van der Waals surface area contributed by atoms with E-state index >= 15 is 0 Å². The average Bonchev–Trinajstić information content (AvgIpc) is 2.58. The van der Waals surface area contributed by atoms with E-state index in [1.807, 2.05) is 0 Å². The van der Waals surface area contributed by atoms with Gasteiger partial charge in [-0.15, -0.1) is 0 Å². The third kappa shape index (κ3) is 19.2.